The number of carbonyl (C=O) groups is 1. The molecule has 2 nitrogen and oxygen atoms in total. The molecule has 0 atom stereocenters. The van der Waals surface area contributed by atoms with Crippen LogP contribution >= 0.6 is 0 Å². The molecule has 0 aliphatic heterocycles. The predicted molar refractivity (Wildman–Crippen MR) is 82.9 cm³/mol. The van der Waals surface area contributed by atoms with E-state index in [0.717, 1.165) is 16.7 Å². The smallest absolute Gasteiger partial charge is 0.330 e. The van der Waals surface area contributed by atoms with E-state index >= 15 is 0 Å². The third kappa shape index (κ3) is 4.25. The Morgan fingerprint density at radius 1 is 0.850 bits per heavy atom. The topological polar surface area (TPSA) is 26.3 Å². The monoisotopic (exact) mass is 264 g/mol. The van der Waals surface area contributed by atoms with Crippen LogP contribution in [0.3, 0.4) is 0 Å². The molecule has 0 heterocycles. The molecule has 0 bridgehead atoms. The number of ether oxygens (including phenoxy) is 1. The Morgan fingerprint density at radius 2 is 1.45 bits per heavy atom. The van der Waals surface area contributed by atoms with E-state index < -0.39 is 0 Å². The van der Waals surface area contributed by atoms with E-state index in [2.05, 4.69) is 22.9 Å². The van der Waals surface area contributed by atoms with Crippen LogP contribution in [0, 0.1) is 0 Å². The van der Waals surface area contributed by atoms with Crippen molar-refractivity contribution in [2.75, 3.05) is 7.11 Å². The number of rotatable bonds is 4. The van der Waals surface area contributed by atoms with Crippen molar-refractivity contribution < 1.29 is 9.53 Å². The molecular weight excluding hydrogens is 248 g/mol. The molecule has 100 valence electrons. The molecule has 20 heavy (non-hydrogen) atoms. The lowest BCUT2D eigenvalue weighted by molar-refractivity contribution is -0.134. The second-order valence-corrected chi connectivity index (χ2v) is 4.27. The maximum Gasteiger partial charge on any atom is 0.330 e. The molecule has 0 N–H and O–H groups in total. The first kappa shape index (κ1) is 13.8. The summed E-state index contributed by atoms with van der Waals surface area (Å²) >= 11 is 0. The van der Waals surface area contributed by atoms with E-state index in [-0.39, 0.29) is 5.97 Å². The number of carbonyl (C=O) groups excluding carboxylic acids is 1. The Labute approximate surface area is 119 Å². The summed E-state index contributed by atoms with van der Waals surface area (Å²) in [6.45, 7) is 0. The Balaban J connectivity index is 2.12. The van der Waals surface area contributed by atoms with Gasteiger partial charge in [0.1, 0.15) is 0 Å². The van der Waals surface area contributed by atoms with Crippen molar-refractivity contribution in [3.05, 3.63) is 77.4 Å². The third-order valence-corrected chi connectivity index (χ3v) is 2.79. The van der Waals surface area contributed by atoms with Crippen molar-refractivity contribution in [2.45, 2.75) is 0 Å². The minimum absolute atomic E-state index is 0.352. The highest BCUT2D eigenvalue weighted by Gasteiger charge is 1.93. The van der Waals surface area contributed by atoms with Crippen LogP contribution in [0.25, 0.3) is 18.2 Å². The average Bonchev–Trinajstić information content (AvgIpc) is 2.52. The molecule has 2 aromatic rings. The summed E-state index contributed by atoms with van der Waals surface area (Å²) in [7, 11) is 1.37. The number of hydrogen-bond donors (Lipinski definition) is 0. The summed E-state index contributed by atoms with van der Waals surface area (Å²) in [5.74, 6) is -0.352. The van der Waals surface area contributed by atoms with E-state index in [1.807, 2.05) is 48.5 Å². The predicted octanol–water partition coefficient (Wildman–Crippen LogP) is 4.04. The van der Waals surface area contributed by atoms with Crippen LogP contribution in [-0.4, -0.2) is 13.1 Å². The van der Waals surface area contributed by atoms with Gasteiger partial charge in [0, 0.05) is 6.08 Å². The van der Waals surface area contributed by atoms with Gasteiger partial charge in [-0.25, -0.2) is 4.79 Å². The molecule has 0 fully saturated rings. The minimum atomic E-state index is -0.352. The zero-order valence-electron chi connectivity index (χ0n) is 11.3. The quantitative estimate of drug-likeness (QED) is 0.473. The largest absolute Gasteiger partial charge is 0.466 e. The van der Waals surface area contributed by atoms with Crippen LogP contribution in [0.2, 0.25) is 0 Å². The maximum absolute atomic E-state index is 11.1. The van der Waals surface area contributed by atoms with E-state index in [4.69, 9.17) is 0 Å². The van der Waals surface area contributed by atoms with E-state index in [0.29, 0.717) is 0 Å². The van der Waals surface area contributed by atoms with Crippen molar-refractivity contribution in [3.63, 3.8) is 0 Å². The van der Waals surface area contributed by atoms with Gasteiger partial charge in [-0.05, 0) is 28.8 Å². The lowest BCUT2D eigenvalue weighted by atomic mass is 10.1. The lowest BCUT2D eigenvalue weighted by Crippen LogP contribution is -1.93. The first-order chi connectivity index (χ1) is 9.78. The fourth-order valence-electron chi connectivity index (χ4n) is 1.76. The van der Waals surface area contributed by atoms with Crippen LogP contribution in [0.5, 0.6) is 0 Å². The maximum atomic E-state index is 11.1. The fraction of sp³-hybridized carbons (Fsp3) is 0.0556. The van der Waals surface area contributed by atoms with Crippen LogP contribution < -0.4 is 0 Å². The molecule has 0 saturated carbocycles. The molecule has 0 amide bonds. The molecule has 2 rings (SSSR count). The summed E-state index contributed by atoms with van der Waals surface area (Å²) in [5.41, 5.74) is 3.20. The van der Waals surface area contributed by atoms with Crippen molar-refractivity contribution in [3.8, 4) is 0 Å². The van der Waals surface area contributed by atoms with E-state index in [1.165, 1.54) is 13.2 Å². The summed E-state index contributed by atoms with van der Waals surface area (Å²) in [6, 6.07) is 18.1. The standard InChI is InChI=1S/C18H16O2/c1-20-18(19)13-12-17-9-5-8-16(14-17)11-10-15-6-3-2-4-7-15/h2-14H,1H3/b11-10+,13-12+. The fourth-order valence-corrected chi connectivity index (χ4v) is 1.76. The molecular formula is C18H16O2. The van der Waals surface area contributed by atoms with E-state index in [9.17, 15) is 4.79 Å². The molecule has 0 aliphatic carbocycles. The van der Waals surface area contributed by atoms with Crippen molar-refractivity contribution in [1.29, 1.82) is 0 Å². The van der Waals surface area contributed by atoms with Gasteiger partial charge in [0.05, 0.1) is 7.11 Å². The number of esters is 1. The van der Waals surface area contributed by atoms with Crippen LogP contribution in [0.1, 0.15) is 16.7 Å². The van der Waals surface area contributed by atoms with Gasteiger partial charge < -0.3 is 4.74 Å². The van der Waals surface area contributed by atoms with Gasteiger partial charge in [-0.3, -0.25) is 0 Å². The number of benzene rings is 2. The third-order valence-electron chi connectivity index (χ3n) is 2.79. The molecule has 0 spiro atoms. The minimum Gasteiger partial charge on any atom is -0.466 e. The van der Waals surface area contributed by atoms with Crippen molar-refractivity contribution in [2.24, 2.45) is 0 Å². The Bertz CT molecular complexity index is 625. The zero-order chi connectivity index (χ0) is 14.2. The van der Waals surface area contributed by atoms with Gasteiger partial charge in [-0.2, -0.15) is 0 Å². The summed E-state index contributed by atoms with van der Waals surface area (Å²) in [5, 5.41) is 0. The molecule has 2 heteroatoms. The Morgan fingerprint density at radius 3 is 2.15 bits per heavy atom. The van der Waals surface area contributed by atoms with Gasteiger partial charge in [0.15, 0.2) is 0 Å². The number of methoxy groups -OCH3 is 1. The van der Waals surface area contributed by atoms with Gasteiger partial charge in [-0.15, -0.1) is 0 Å². The van der Waals surface area contributed by atoms with Gasteiger partial charge in [-0.1, -0.05) is 60.7 Å². The van der Waals surface area contributed by atoms with Crippen LogP contribution in [-0.2, 0) is 9.53 Å². The van der Waals surface area contributed by atoms with E-state index in [1.54, 1.807) is 6.08 Å². The second-order valence-electron chi connectivity index (χ2n) is 4.27. The Kier molecular flexibility index (Phi) is 4.90. The molecule has 0 aromatic heterocycles. The summed E-state index contributed by atoms with van der Waals surface area (Å²) < 4.78 is 4.57. The highest BCUT2D eigenvalue weighted by atomic mass is 16.5. The lowest BCUT2D eigenvalue weighted by Gasteiger charge is -1.97. The van der Waals surface area contributed by atoms with Gasteiger partial charge in [0.25, 0.3) is 0 Å². The van der Waals surface area contributed by atoms with Crippen molar-refractivity contribution in [1.82, 2.24) is 0 Å². The highest BCUT2D eigenvalue weighted by Crippen LogP contribution is 2.11. The van der Waals surface area contributed by atoms with Crippen LogP contribution in [0.4, 0.5) is 0 Å². The normalized spacial score (nSPS) is 11.1. The molecule has 0 aliphatic rings. The summed E-state index contributed by atoms with van der Waals surface area (Å²) in [4.78, 5) is 11.1. The average molecular weight is 264 g/mol. The molecule has 2 aromatic carbocycles. The molecule has 0 radical (unpaired) electrons. The van der Waals surface area contributed by atoms with Gasteiger partial charge >= 0.3 is 5.97 Å². The number of hydrogen-bond acceptors (Lipinski definition) is 2. The summed E-state index contributed by atoms with van der Waals surface area (Å²) in [6.07, 6.45) is 7.26. The first-order valence-electron chi connectivity index (χ1n) is 6.37. The molecule has 0 saturated heterocycles. The second kappa shape index (κ2) is 7.10. The molecule has 0 unspecified atom stereocenters. The van der Waals surface area contributed by atoms with Gasteiger partial charge in [0.2, 0.25) is 0 Å². The first-order valence-corrected chi connectivity index (χ1v) is 6.37. The zero-order valence-corrected chi connectivity index (χ0v) is 11.3. The highest BCUT2D eigenvalue weighted by molar-refractivity contribution is 5.87. The Hall–Kier alpha value is -2.61. The SMILES string of the molecule is COC(=O)/C=C/c1cccc(/C=C/c2ccccc2)c1. The van der Waals surface area contributed by atoms with Crippen LogP contribution in [0.15, 0.2) is 60.7 Å². The van der Waals surface area contributed by atoms with Crippen molar-refractivity contribution >= 4 is 24.2 Å².